The van der Waals surface area contributed by atoms with Gasteiger partial charge in [0.2, 0.25) is 0 Å². The quantitative estimate of drug-likeness (QED) is 0.540. The van der Waals surface area contributed by atoms with E-state index in [0.717, 1.165) is 6.04 Å². The molecule has 0 aliphatic heterocycles. The van der Waals surface area contributed by atoms with Crippen LogP contribution in [0.3, 0.4) is 0 Å². The van der Waals surface area contributed by atoms with Gasteiger partial charge in [-0.3, -0.25) is 0 Å². The first-order valence-corrected chi connectivity index (χ1v) is 8.79. The van der Waals surface area contributed by atoms with Crippen LogP contribution in [0.4, 0.5) is 0 Å². The van der Waals surface area contributed by atoms with E-state index in [1.165, 1.54) is 61.9 Å². The fraction of sp³-hybridized carbons (Fsp3) is 1.00. The van der Waals surface area contributed by atoms with Crippen molar-refractivity contribution in [2.75, 3.05) is 13.1 Å². The SMILES string of the molecule is CCCCC([SiH3])(CCCC)C(C)N(CC)CC. The van der Waals surface area contributed by atoms with E-state index in [1.54, 1.807) is 0 Å². The monoisotopic (exact) mass is 257 g/mol. The minimum atomic E-state index is 0.651. The van der Waals surface area contributed by atoms with Crippen LogP contribution in [0.25, 0.3) is 0 Å². The summed E-state index contributed by atoms with van der Waals surface area (Å²) >= 11 is 0. The number of rotatable bonds is 10. The van der Waals surface area contributed by atoms with Crippen molar-refractivity contribution in [1.82, 2.24) is 4.90 Å². The topological polar surface area (TPSA) is 3.24 Å². The lowest BCUT2D eigenvalue weighted by Gasteiger charge is -2.42. The molecule has 1 atom stereocenters. The zero-order valence-corrected chi connectivity index (χ0v) is 15.2. The highest BCUT2D eigenvalue weighted by Crippen LogP contribution is 2.41. The fourth-order valence-corrected chi connectivity index (χ4v) is 3.99. The molecular weight excluding hydrogens is 222 g/mol. The highest BCUT2D eigenvalue weighted by Gasteiger charge is 2.32. The van der Waals surface area contributed by atoms with Crippen molar-refractivity contribution >= 4 is 10.2 Å². The molecule has 2 heteroatoms. The van der Waals surface area contributed by atoms with Gasteiger partial charge in [-0.2, -0.15) is 0 Å². The van der Waals surface area contributed by atoms with E-state index in [4.69, 9.17) is 0 Å². The summed E-state index contributed by atoms with van der Waals surface area (Å²) in [5.74, 6) is 0. The number of hydrogen-bond acceptors (Lipinski definition) is 1. The molecule has 0 saturated carbocycles. The number of unbranched alkanes of at least 4 members (excludes halogenated alkanes) is 2. The molecule has 1 unspecified atom stereocenters. The van der Waals surface area contributed by atoms with Crippen LogP contribution in [0.1, 0.15) is 73.1 Å². The van der Waals surface area contributed by atoms with E-state index in [0.29, 0.717) is 5.04 Å². The average Bonchev–Trinajstić information content (AvgIpc) is 2.35. The van der Waals surface area contributed by atoms with E-state index in [-0.39, 0.29) is 0 Å². The van der Waals surface area contributed by atoms with Crippen molar-refractivity contribution in [2.24, 2.45) is 0 Å². The van der Waals surface area contributed by atoms with Gasteiger partial charge in [-0.15, -0.1) is 0 Å². The van der Waals surface area contributed by atoms with Crippen LogP contribution in [0.2, 0.25) is 5.04 Å². The molecule has 0 bridgehead atoms. The van der Waals surface area contributed by atoms with Gasteiger partial charge >= 0.3 is 0 Å². The average molecular weight is 258 g/mol. The van der Waals surface area contributed by atoms with Crippen LogP contribution in [0, 0.1) is 0 Å². The van der Waals surface area contributed by atoms with E-state index in [9.17, 15) is 0 Å². The highest BCUT2D eigenvalue weighted by molar-refractivity contribution is 6.15. The second-order valence-corrected chi connectivity index (χ2v) is 7.75. The van der Waals surface area contributed by atoms with Crippen molar-refractivity contribution < 1.29 is 0 Å². The summed E-state index contributed by atoms with van der Waals surface area (Å²) in [5.41, 5.74) is 0. The zero-order chi connectivity index (χ0) is 13.3. The van der Waals surface area contributed by atoms with Gasteiger partial charge in [-0.1, -0.05) is 53.4 Å². The molecule has 0 saturated heterocycles. The van der Waals surface area contributed by atoms with Gasteiger partial charge in [0.25, 0.3) is 0 Å². The Morgan fingerprint density at radius 1 is 0.941 bits per heavy atom. The summed E-state index contributed by atoms with van der Waals surface area (Å²) in [7, 11) is 1.35. The van der Waals surface area contributed by atoms with Crippen molar-refractivity contribution in [2.45, 2.75) is 84.2 Å². The molecule has 0 aromatic heterocycles. The Balaban J connectivity index is 4.61. The maximum atomic E-state index is 2.66. The summed E-state index contributed by atoms with van der Waals surface area (Å²) in [6.45, 7) is 14.2. The molecule has 0 rings (SSSR count). The predicted octanol–water partition coefficient (Wildman–Crippen LogP) is 3.62. The largest absolute Gasteiger partial charge is 0.301 e. The Bertz CT molecular complexity index is 170. The van der Waals surface area contributed by atoms with Crippen LogP contribution < -0.4 is 0 Å². The van der Waals surface area contributed by atoms with Gasteiger partial charge in [-0.25, -0.2) is 0 Å². The maximum Gasteiger partial charge on any atom is 0.0126 e. The molecule has 0 amide bonds. The Morgan fingerprint density at radius 2 is 1.35 bits per heavy atom. The Kier molecular flexibility index (Phi) is 9.25. The fourth-order valence-electron chi connectivity index (χ4n) is 2.92. The molecule has 0 fully saturated rings. The molecule has 0 aromatic carbocycles. The molecule has 0 spiro atoms. The molecule has 104 valence electrons. The first-order valence-electron chi connectivity index (χ1n) is 7.79. The third-order valence-corrected chi connectivity index (χ3v) is 6.41. The molecule has 0 aliphatic rings. The molecule has 0 heterocycles. The van der Waals surface area contributed by atoms with Crippen LogP contribution in [-0.2, 0) is 0 Å². The van der Waals surface area contributed by atoms with Gasteiger partial charge in [0, 0.05) is 16.3 Å². The summed E-state index contributed by atoms with van der Waals surface area (Å²) in [6, 6.07) is 0.780. The van der Waals surface area contributed by atoms with E-state index < -0.39 is 0 Å². The van der Waals surface area contributed by atoms with E-state index in [1.807, 2.05) is 0 Å². The molecule has 0 aliphatic carbocycles. The van der Waals surface area contributed by atoms with Crippen molar-refractivity contribution in [1.29, 1.82) is 0 Å². The Morgan fingerprint density at radius 3 is 1.65 bits per heavy atom. The molecule has 17 heavy (non-hydrogen) atoms. The lowest BCUT2D eigenvalue weighted by molar-refractivity contribution is 0.164. The smallest absolute Gasteiger partial charge is 0.0126 e. The minimum Gasteiger partial charge on any atom is -0.301 e. The number of nitrogens with zero attached hydrogens (tertiary/aromatic N) is 1. The minimum absolute atomic E-state index is 0.651. The van der Waals surface area contributed by atoms with Crippen LogP contribution in [-0.4, -0.2) is 34.3 Å². The van der Waals surface area contributed by atoms with Gasteiger partial charge in [0.05, 0.1) is 0 Å². The van der Waals surface area contributed by atoms with E-state index >= 15 is 0 Å². The highest BCUT2D eigenvalue weighted by atomic mass is 28.1. The second kappa shape index (κ2) is 9.15. The van der Waals surface area contributed by atoms with Crippen molar-refractivity contribution in [3.05, 3.63) is 0 Å². The van der Waals surface area contributed by atoms with Crippen LogP contribution in [0.15, 0.2) is 0 Å². The van der Waals surface area contributed by atoms with E-state index in [2.05, 4.69) is 39.5 Å². The van der Waals surface area contributed by atoms with Crippen LogP contribution >= 0.6 is 0 Å². The maximum absolute atomic E-state index is 2.66. The standard InChI is InChI=1S/C15H35NSi/c1-6-10-12-15(17,13-11-7-2)14(5)16(8-3)9-4/h14H,6-13H2,1-5,17H3. The zero-order valence-electron chi connectivity index (χ0n) is 13.2. The lowest BCUT2D eigenvalue weighted by Crippen LogP contribution is -2.42. The van der Waals surface area contributed by atoms with Gasteiger partial charge in [0.15, 0.2) is 0 Å². The Labute approximate surface area is 113 Å². The van der Waals surface area contributed by atoms with Gasteiger partial charge in [-0.05, 0) is 37.9 Å². The Hall–Kier alpha value is 0.177. The molecule has 0 N–H and O–H groups in total. The third kappa shape index (κ3) is 5.56. The number of hydrogen-bond donors (Lipinski definition) is 0. The molecule has 0 aromatic rings. The summed E-state index contributed by atoms with van der Waals surface area (Å²) in [6.07, 6.45) is 8.43. The summed E-state index contributed by atoms with van der Waals surface area (Å²) < 4.78 is 0. The lowest BCUT2D eigenvalue weighted by atomic mass is 9.87. The predicted molar refractivity (Wildman–Crippen MR) is 84.1 cm³/mol. The van der Waals surface area contributed by atoms with Crippen LogP contribution in [0.5, 0.6) is 0 Å². The van der Waals surface area contributed by atoms with Gasteiger partial charge in [0.1, 0.15) is 0 Å². The first kappa shape index (κ1) is 17.2. The normalized spacial score (nSPS) is 14.5. The van der Waals surface area contributed by atoms with Crippen molar-refractivity contribution in [3.63, 3.8) is 0 Å². The molecule has 1 nitrogen and oxygen atoms in total. The third-order valence-electron chi connectivity index (χ3n) is 4.57. The molecular formula is C15H35NSi. The summed E-state index contributed by atoms with van der Waals surface area (Å²) in [5, 5.41) is 0.651. The summed E-state index contributed by atoms with van der Waals surface area (Å²) in [4.78, 5) is 2.66. The first-order chi connectivity index (χ1) is 8.05. The second-order valence-electron chi connectivity index (χ2n) is 5.76. The van der Waals surface area contributed by atoms with Gasteiger partial charge < -0.3 is 4.90 Å². The van der Waals surface area contributed by atoms with Crippen molar-refractivity contribution in [3.8, 4) is 0 Å². The molecule has 0 radical (unpaired) electrons.